The first kappa shape index (κ1) is 21.4. The van der Waals surface area contributed by atoms with Gasteiger partial charge in [-0.3, -0.25) is 4.90 Å². The Morgan fingerprint density at radius 2 is 1.67 bits per heavy atom. The third-order valence-corrected chi connectivity index (χ3v) is 6.10. The predicted molar refractivity (Wildman–Crippen MR) is 132 cm³/mol. The summed E-state index contributed by atoms with van der Waals surface area (Å²) >= 11 is 0. The average molecular weight is 444 g/mol. The number of morpholine rings is 1. The first-order valence-corrected chi connectivity index (χ1v) is 11.3. The molecule has 3 heterocycles. The van der Waals surface area contributed by atoms with Crippen LogP contribution in [0.4, 0.5) is 17.5 Å². The molecule has 33 heavy (non-hydrogen) atoms. The van der Waals surface area contributed by atoms with Gasteiger partial charge in [0.2, 0.25) is 5.95 Å². The van der Waals surface area contributed by atoms with Crippen LogP contribution in [0.15, 0.2) is 48.5 Å². The first-order valence-electron chi connectivity index (χ1n) is 11.3. The highest BCUT2D eigenvalue weighted by molar-refractivity contribution is 6.00. The Morgan fingerprint density at radius 1 is 0.939 bits per heavy atom. The molecule has 2 aromatic heterocycles. The molecule has 2 aromatic carbocycles. The van der Waals surface area contributed by atoms with Crippen LogP contribution in [0.5, 0.6) is 0 Å². The zero-order valence-corrected chi connectivity index (χ0v) is 19.1. The van der Waals surface area contributed by atoms with E-state index < -0.39 is 0 Å². The number of para-hydroxylation sites is 1. The monoisotopic (exact) mass is 443 g/mol. The van der Waals surface area contributed by atoms with Crippen LogP contribution < -0.4 is 11.1 Å². The number of nitrogens with one attached hydrogen (secondary N) is 1. The van der Waals surface area contributed by atoms with Gasteiger partial charge < -0.3 is 15.8 Å². The lowest BCUT2D eigenvalue weighted by molar-refractivity contribution is 0.0361. The maximum atomic E-state index is 6.46. The van der Waals surface area contributed by atoms with Gasteiger partial charge in [-0.2, -0.15) is 10.1 Å². The summed E-state index contributed by atoms with van der Waals surface area (Å²) in [6.07, 6.45) is 0. The highest BCUT2D eigenvalue weighted by Gasteiger charge is 2.21. The average Bonchev–Trinajstić information content (AvgIpc) is 3.14. The van der Waals surface area contributed by atoms with Crippen LogP contribution in [0, 0.1) is 13.8 Å². The van der Waals surface area contributed by atoms with Crippen molar-refractivity contribution < 1.29 is 4.74 Å². The van der Waals surface area contributed by atoms with Crippen molar-refractivity contribution in [3.8, 4) is 11.3 Å². The van der Waals surface area contributed by atoms with Crippen LogP contribution in [0.3, 0.4) is 0 Å². The van der Waals surface area contributed by atoms with Crippen molar-refractivity contribution in [2.24, 2.45) is 0 Å². The molecule has 8 nitrogen and oxygen atoms in total. The lowest BCUT2D eigenvalue weighted by atomic mass is 9.98. The van der Waals surface area contributed by atoms with E-state index >= 15 is 0 Å². The van der Waals surface area contributed by atoms with Gasteiger partial charge in [0.25, 0.3) is 0 Å². The van der Waals surface area contributed by atoms with Crippen LogP contribution in [-0.4, -0.2) is 57.5 Å². The van der Waals surface area contributed by atoms with Gasteiger partial charge in [0.15, 0.2) is 11.5 Å². The smallest absolute Gasteiger partial charge is 0.229 e. The van der Waals surface area contributed by atoms with Crippen molar-refractivity contribution in [2.75, 3.05) is 43.9 Å². The molecule has 170 valence electrons. The highest BCUT2D eigenvalue weighted by Crippen LogP contribution is 2.35. The lowest BCUT2D eigenvalue weighted by Crippen LogP contribution is -2.38. The van der Waals surface area contributed by atoms with Crippen LogP contribution in [0.2, 0.25) is 0 Å². The summed E-state index contributed by atoms with van der Waals surface area (Å²) in [4.78, 5) is 12.2. The molecule has 0 radical (unpaired) electrons. The quantitative estimate of drug-likeness (QED) is 0.468. The van der Waals surface area contributed by atoms with Gasteiger partial charge in [-0.25, -0.2) is 9.67 Å². The minimum absolute atomic E-state index is 0.455. The Morgan fingerprint density at radius 3 is 2.39 bits per heavy atom. The Labute approximate surface area is 193 Å². The summed E-state index contributed by atoms with van der Waals surface area (Å²) in [5, 5.41) is 8.83. The van der Waals surface area contributed by atoms with Crippen molar-refractivity contribution in [1.82, 2.24) is 24.6 Å². The van der Waals surface area contributed by atoms with E-state index in [-0.39, 0.29) is 0 Å². The van der Waals surface area contributed by atoms with Crippen LogP contribution in [0.1, 0.15) is 11.1 Å². The summed E-state index contributed by atoms with van der Waals surface area (Å²) in [5.41, 5.74) is 12.3. The number of hydrogen-bond donors (Lipinski definition) is 2. The van der Waals surface area contributed by atoms with Crippen molar-refractivity contribution in [2.45, 2.75) is 20.4 Å². The number of anilines is 3. The molecule has 1 saturated heterocycles. The molecule has 0 amide bonds. The number of aryl methyl sites for hydroxylation is 2. The Hall–Kier alpha value is -3.49. The minimum atomic E-state index is 0.455. The number of hydrogen-bond acceptors (Lipinski definition) is 7. The van der Waals surface area contributed by atoms with Crippen molar-refractivity contribution in [3.05, 3.63) is 59.7 Å². The molecular formula is C25H29N7O. The molecule has 1 aliphatic heterocycles. The third kappa shape index (κ3) is 4.40. The Kier molecular flexibility index (Phi) is 5.93. The maximum Gasteiger partial charge on any atom is 0.229 e. The van der Waals surface area contributed by atoms with E-state index in [1.165, 1.54) is 0 Å². The summed E-state index contributed by atoms with van der Waals surface area (Å²) in [6.45, 7) is 9.15. The molecule has 4 aromatic rings. The van der Waals surface area contributed by atoms with E-state index in [0.29, 0.717) is 18.3 Å². The van der Waals surface area contributed by atoms with Gasteiger partial charge >= 0.3 is 0 Å². The van der Waals surface area contributed by atoms with Crippen LogP contribution >= 0.6 is 0 Å². The first-order chi connectivity index (χ1) is 16.1. The summed E-state index contributed by atoms with van der Waals surface area (Å²) in [5.74, 6) is 0.981. The fourth-order valence-corrected chi connectivity index (χ4v) is 4.39. The van der Waals surface area contributed by atoms with E-state index in [4.69, 9.17) is 20.4 Å². The molecule has 1 fully saturated rings. The highest BCUT2D eigenvalue weighted by atomic mass is 16.5. The van der Waals surface area contributed by atoms with Crippen molar-refractivity contribution in [1.29, 1.82) is 0 Å². The fourth-order valence-electron chi connectivity index (χ4n) is 4.39. The van der Waals surface area contributed by atoms with Crippen molar-refractivity contribution in [3.63, 3.8) is 0 Å². The number of rotatable bonds is 6. The topological polar surface area (TPSA) is 94.1 Å². The number of fused-ring (bicyclic) bond motifs is 1. The second kappa shape index (κ2) is 9.17. The van der Waals surface area contributed by atoms with E-state index in [0.717, 1.165) is 72.0 Å². The second-order valence-corrected chi connectivity index (χ2v) is 8.41. The normalized spacial score (nSPS) is 14.6. The zero-order chi connectivity index (χ0) is 22.8. The van der Waals surface area contributed by atoms with Crippen LogP contribution in [0.25, 0.3) is 22.3 Å². The molecule has 0 saturated carbocycles. The number of benzene rings is 2. The molecule has 0 aliphatic carbocycles. The van der Waals surface area contributed by atoms with Gasteiger partial charge in [-0.05, 0) is 37.1 Å². The summed E-state index contributed by atoms with van der Waals surface area (Å²) < 4.78 is 7.38. The van der Waals surface area contributed by atoms with Gasteiger partial charge in [-0.15, -0.1) is 0 Å². The number of nitrogen functional groups attached to an aromatic ring is 1. The molecule has 3 N–H and O–H groups in total. The van der Waals surface area contributed by atoms with Gasteiger partial charge in [0, 0.05) is 30.9 Å². The maximum absolute atomic E-state index is 6.46. The fraction of sp³-hybridized carbons (Fsp3) is 0.320. The molecule has 0 spiro atoms. The number of nitrogens with zero attached hydrogens (tertiary/aromatic N) is 5. The standard InChI is InChI=1S/C25H29N7O/c1-17-7-6-8-18(2)20(17)22-21-23(26)30-32(12-11-31-13-15-33-16-14-31)24(21)29-25(28-22)27-19-9-4-3-5-10-19/h3-10H,11-16H2,1-2H3,(H2,26,30)(H,27,28,29). The van der Waals surface area contributed by atoms with Crippen LogP contribution in [-0.2, 0) is 11.3 Å². The molecule has 0 atom stereocenters. The van der Waals surface area contributed by atoms with E-state index in [1.54, 1.807) is 0 Å². The molecule has 0 bridgehead atoms. The van der Waals surface area contributed by atoms with Gasteiger partial charge in [0.05, 0.1) is 30.8 Å². The molecule has 0 unspecified atom stereocenters. The van der Waals surface area contributed by atoms with Gasteiger partial charge in [0.1, 0.15) is 0 Å². The molecular weight excluding hydrogens is 414 g/mol. The van der Waals surface area contributed by atoms with E-state index in [1.807, 2.05) is 35.0 Å². The Bertz CT molecular complexity index is 1240. The Balaban J connectivity index is 1.61. The molecule has 5 rings (SSSR count). The van der Waals surface area contributed by atoms with Gasteiger partial charge in [-0.1, -0.05) is 36.4 Å². The number of nitrogens with two attached hydrogens (primary N) is 1. The minimum Gasteiger partial charge on any atom is -0.382 e. The second-order valence-electron chi connectivity index (χ2n) is 8.41. The lowest BCUT2D eigenvalue weighted by Gasteiger charge is -2.26. The predicted octanol–water partition coefficient (Wildman–Crippen LogP) is 3.77. The zero-order valence-electron chi connectivity index (χ0n) is 19.1. The van der Waals surface area contributed by atoms with Crippen molar-refractivity contribution >= 4 is 28.5 Å². The largest absolute Gasteiger partial charge is 0.382 e. The van der Waals surface area contributed by atoms with E-state index in [2.05, 4.69) is 47.4 Å². The SMILES string of the molecule is Cc1cccc(C)c1-c1nc(Nc2ccccc2)nc2c1c(N)nn2CCN1CCOCC1. The van der Waals surface area contributed by atoms with E-state index in [9.17, 15) is 0 Å². The molecule has 1 aliphatic rings. The summed E-state index contributed by atoms with van der Waals surface area (Å²) in [6, 6.07) is 16.2. The number of aromatic nitrogens is 4. The molecule has 8 heteroatoms. The third-order valence-electron chi connectivity index (χ3n) is 6.10. The number of ether oxygens (including phenoxy) is 1. The summed E-state index contributed by atoms with van der Waals surface area (Å²) in [7, 11) is 0.